The summed E-state index contributed by atoms with van der Waals surface area (Å²) in [6, 6.07) is 13.5. The van der Waals surface area contributed by atoms with Crippen molar-refractivity contribution in [3.05, 3.63) is 69.8 Å². The van der Waals surface area contributed by atoms with Crippen molar-refractivity contribution in [2.45, 2.75) is 6.92 Å². The minimum atomic E-state index is -0.503. The minimum absolute atomic E-state index is 0.115. The molecule has 1 amide bonds. The number of nitro benzene ring substituents is 1. The van der Waals surface area contributed by atoms with Crippen LogP contribution in [0.15, 0.2) is 54.1 Å². The lowest BCUT2D eigenvalue weighted by Gasteiger charge is -2.06. The van der Waals surface area contributed by atoms with E-state index in [4.69, 9.17) is 4.74 Å². The van der Waals surface area contributed by atoms with Crippen molar-refractivity contribution in [2.75, 3.05) is 12.4 Å². The SMILES string of the molecule is COc1ccc(/C=C(\C)C(=O)Nc2ccccc2)c([N+](=O)[O-])c1. The smallest absolute Gasteiger partial charge is 0.280 e. The standard InChI is InChI=1S/C17H16N2O4/c1-12(17(20)18-14-6-4-3-5-7-14)10-13-8-9-15(23-2)11-16(13)19(21)22/h3-11H,1-2H3,(H,18,20)/b12-10+. The summed E-state index contributed by atoms with van der Waals surface area (Å²) >= 11 is 0. The molecule has 2 rings (SSSR count). The van der Waals surface area contributed by atoms with Crippen LogP contribution < -0.4 is 10.1 Å². The third-order valence-corrected chi connectivity index (χ3v) is 3.20. The highest BCUT2D eigenvalue weighted by molar-refractivity contribution is 6.06. The van der Waals surface area contributed by atoms with Crippen molar-refractivity contribution in [3.63, 3.8) is 0 Å². The lowest BCUT2D eigenvalue weighted by Crippen LogP contribution is -2.12. The van der Waals surface area contributed by atoms with Crippen LogP contribution in [0.4, 0.5) is 11.4 Å². The molecule has 118 valence electrons. The van der Waals surface area contributed by atoms with Crippen LogP contribution in [-0.2, 0) is 4.79 Å². The Morgan fingerprint density at radius 2 is 1.91 bits per heavy atom. The fourth-order valence-electron chi connectivity index (χ4n) is 1.98. The Morgan fingerprint density at radius 3 is 2.52 bits per heavy atom. The first kappa shape index (κ1) is 16.2. The number of benzene rings is 2. The average Bonchev–Trinajstić information content (AvgIpc) is 2.55. The molecule has 1 N–H and O–H groups in total. The zero-order chi connectivity index (χ0) is 16.8. The van der Waals surface area contributed by atoms with Crippen LogP contribution in [0.25, 0.3) is 6.08 Å². The molecule has 6 nitrogen and oxygen atoms in total. The summed E-state index contributed by atoms with van der Waals surface area (Å²) in [5, 5.41) is 13.9. The quantitative estimate of drug-likeness (QED) is 0.519. The molecular formula is C17H16N2O4. The monoisotopic (exact) mass is 312 g/mol. The maximum Gasteiger partial charge on any atom is 0.280 e. The molecule has 0 saturated heterocycles. The predicted molar refractivity (Wildman–Crippen MR) is 88.4 cm³/mol. The number of amides is 1. The van der Waals surface area contributed by atoms with Crippen molar-refractivity contribution in [1.82, 2.24) is 0 Å². The summed E-state index contributed by atoms with van der Waals surface area (Å²) in [5.74, 6) is 0.0709. The second kappa shape index (κ2) is 7.22. The molecule has 0 aliphatic rings. The number of rotatable bonds is 5. The zero-order valence-corrected chi connectivity index (χ0v) is 12.8. The first-order chi connectivity index (χ1) is 11.0. The van der Waals surface area contributed by atoms with Gasteiger partial charge >= 0.3 is 0 Å². The molecule has 0 radical (unpaired) electrons. The molecule has 6 heteroatoms. The van der Waals surface area contributed by atoms with Gasteiger partial charge in [0.05, 0.1) is 23.7 Å². The second-order valence-electron chi connectivity index (χ2n) is 4.83. The first-order valence-corrected chi connectivity index (χ1v) is 6.88. The van der Waals surface area contributed by atoms with E-state index < -0.39 is 4.92 Å². The Balaban J connectivity index is 2.26. The molecule has 2 aromatic rings. The van der Waals surface area contributed by atoms with E-state index in [1.807, 2.05) is 18.2 Å². The van der Waals surface area contributed by atoms with Gasteiger partial charge in [-0.2, -0.15) is 0 Å². The van der Waals surface area contributed by atoms with Gasteiger partial charge in [-0.05, 0) is 37.3 Å². The van der Waals surface area contributed by atoms with Crippen LogP contribution in [0.5, 0.6) is 5.75 Å². The third-order valence-electron chi connectivity index (χ3n) is 3.20. The Morgan fingerprint density at radius 1 is 1.22 bits per heavy atom. The lowest BCUT2D eigenvalue weighted by atomic mass is 10.1. The van der Waals surface area contributed by atoms with Crippen LogP contribution in [0.1, 0.15) is 12.5 Å². The van der Waals surface area contributed by atoms with Crippen LogP contribution in [-0.4, -0.2) is 17.9 Å². The van der Waals surface area contributed by atoms with Crippen LogP contribution in [0.3, 0.4) is 0 Å². The lowest BCUT2D eigenvalue weighted by molar-refractivity contribution is -0.385. The van der Waals surface area contributed by atoms with Gasteiger partial charge in [0.25, 0.3) is 11.6 Å². The van der Waals surface area contributed by atoms with Gasteiger partial charge in [-0.3, -0.25) is 14.9 Å². The highest BCUT2D eigenvalue weighted by Crippen LogP contribution is 2.26. The Bertz CT molecular complexity index is 754. The van der Waals surface area contributed by atoms with E-state index in [-0.39, 0.29) is 11.6 Å². The van der Waals surface area contributed by atoms with Crippen molar-refractivity contribution in [3.8, 4) is 5.75 Å². The first-order valence-electron chi connectivity index (χ1n) is 6.88. The fourth-order valence-corrected chi connectivity index (χ4v) is 1.98. The van der Waals surface area contributed by atoms with E-state index in [1.165, 1.54) is 19.3 Å². The fraction of sp³-hybridized carbons (Fsp3) is 0.118. The van der Waals surface area contributed by atoms with E-state index in [0.29, 0.717) is 22.6 Å². The summed E-state index contributed by atoms with van der Waals surface area (Å²) in [6.45, 7) is 1.60. The van der Waals surface area contributed by atoms with E-state index in [0.717, 1.165) is 0 Å². The van der Waals surface area contributed by atoms with Crippen molar-refractivity contribution in [2.24, 2.45) is 0 Å². The molecule has 0 fully saturated rings. The molecule has 0 aliphatic carbocycles. The second-order valence-corrected chi connectivity index (χ2v) is 4.83. The van der Waals surface area contributed by atoms with E-state index in [9.17, 15) is 14.9 Å². The Labute approximate surface area is 133 Å². The van der Waals surface area contributed by atoms with Crippen molar-refractivity contribution >= 4 is 23.4 Å². The van der Waals surface area contributed by atoms with Crippen molar-refractivity contribution < 1.29 is 14.5 Å². The minimum Gasteiger partial charge on any atom is -0.497 e. The molecule has 0 heterocycles. The number of ether oxygens (including phenoxy) is 1. The van der Waals surface area contributed by atoms with Crippen LogP contribution in [0.2, 0.25) is 0 Å². The number of nitrogens with one attached hydrogen (secondary N) is 1. The van der Waals surface area contributed by atoms with Gasteiger partial charge in [-0.15, -0.1) is 0 Å². The van der Waals surface area contributed by atoms with E-state index in [2.05, 4.69) is 5.32 Å². The van der Waals surface area contributed by atoms with Crippen molar-refractivity contribution in [1.29, 1.82) is 0 Å². The maximum atomic E-state index is 12.1. The van der Waals surface area contributed by atoms with E-state index in [1.54, 1.807) is 31.2 Å². The number of para-hydroxylation sites is 1. The molecule has 0 bridgehead atoms. The topological polar surface area (TPSA) is 81.5 Å². The summed E-state index contributed by atoms with van der Waals surface area (Å²) in [7, 11) is 1.44. The molecule has 0 aromatic heterocycles. The summed E-state index contributed by atoms with van der Waals surface area (Å²) in [4.78, 5) is 22.8. The summed E-state index contributed by atoms with van der Waals surface area (Å²) in [5.41, 5.74) is 1.25. The molecular weight excluding hydrogens is 296 g/mol. The molecule has 0 aliphatic heterocycles. The number of carbonyl (C=O) groups excluding carboxylic acids is 1. The van der Waals surface area contributed by atoms with Gasteiger partial charge in [0.1, 0.15) is 5.75 Å². The van der Waals surface area contributed by atoms with Gasteiger partial charge in [0.15, 0.2) is 0 Å². The predicted octanol–water partition coefficient (Wildman–Crippen LogP) is 3.65. The number of hydrogen-bond donors (Lipinski definition) is 1. The number of anilines is 1. The van der Waals surface area contributed by atoms with Crippen LogP contribution >= 0.6 is 0 Å². The Kier molecular flexibility index (Phi) is 5.09. The molecule has 0 atom stereocenters. The van der Waals surface area contributed by atoms with Gasteiger partial charge < -0.3 is 10.1 Å². The van der Waals surface area contributed by atoms with Gasteiger partial charge in [0.2, 0.25) is 0 Å². The molecule has 2 aromatic carbocycles. The van der Waals surface area contributed by atoms with E-state index >= 15 is 0 Å². The molecule has 23 heavy (non-hydrogen) atoms. The summed E-state index contributed by atoms with van der Waals surface area (Å²) in [6.07, 6.45) is 1.48. The number of hydrogen-bond acceptors (Lipinski definition) is 4. The average molecular weight is 312 g/mol. The number of methoxy groups -OCH3 is 1. The van der Waals surface area contributed by atoms with Gasteiger partial charge in [-0.25, -0.2) is 0 Å². The molecule has 0 unspecified atom stereocenters. The molecule has 0 saturated carbocycles. The molecule has 0 spiro atoms. The normalized spacial score (nSPS) is 11.0. The van der Waals surface area contributed by atoms with Gasteiger partial charge in [-0.1, -0.05) is 18.2 Å². The zero-order valence-electron chi connectivity index (χ0n) is 12.8. The number of nitrogens with zero attached hydrogens (tertiary/aromatic N) is 1. The largest absolute Gasteiger partial charge is 0.497 e. The van der Waals surface area contributed by atoms with Crippen LogP contribution in [0, 0.1) is 10.1 Å². The number of nitro groups is 1. The highest BCUT2D eigenvalue weighted by Gasteiger charge is 2.15. The maximum absolute atomic E-state index is 12.1. The Hall–Kier alpha value is -3.15. The van der Waals surface area contributed by atoms with Gasteiger partial charge in [0, 0.05) is 11.3 Å². The highest BCUT2D eigenvalue weighted by atomic mass is 16.6. The number of carbonyl (C=O) groups is 1. The third kappa shape index (κ3) is 4.16. The summed E-state index contributed by atoms with van der Waals surface area (Å²) < 4.78 is 4.99.